The van der Waals surface area contributed by atoms with Crippen LogP contribution < -0.4 is 4.90 Å². The Hall–Kier alpha value is -3.40. The number of hydrogen-bond acceptors (Lipinski definition) is 6. The monoisotopic (exact) mass is 381 g/mol. The van der Waals surface area contributed by atoms with Crippen molar-refractivity contribution in [3.63, 3.8) is 0 Å². The van der Waals surface area contributed by atoms with E-state index in [9.17, 15) is 19.6 Å². The second-order valence-electron chi connectivity index (χ2n) is 6.61. The van der Waals surface area contributed by atoms with Crippen LogP contribution in [-0.4, -0.2) is 49.9 Å². The molecule has 0 fully saturated rings. The number of rotatable bonds is 6. The fraction of sp³-hybridized carbons (Fsp3) is 0.333. The molecule has 0 saturated heterocycles. The van der Waals surface area contributed by atoms with E-state index in [4.69, 9.17) is 4.74 Å². The Balaban J connectivity index is 2.32. The summed E-state index contributed by atoms with van der Waals surface area (Å²) in [5.41, 5.74) is 2.43. The quantitative estimate of drug-likeness (QED) is 0.325. The number of anilines is 1. The molecule has 28 heavy (non-hydrogen) atoms. The molecule has 0 N–H and O–H groups in total. The molecular weight excluding hydrogens is 358 g/mol. The first-order valence-electron chi connectivity index (χ1n) is 8.86. The summed E-state index contributed by atoms with van der Waals surface area (Å²) in [7, 11) is 3.87. The number of hydrogen-bond donors (Lipinski definition) is 0. The van der Waals surface area contributed by atoms with Crippen LogP contribution in [0.3, 0.4) is 0 Å². The van der Waals surface area contributed by atoms with Gasteiger partial charge in [0.05, 0.1) is 6.61 Å². The van der Waals surface area contributed by atoms with Crippen molar-refractivity contribution in [2.75, 3.05) is 32.1 Å². The minimum atomic E-state index is -0.618. The molecule has 0 atom stereocenters. The molecule has 0 radical (unpaired) electrons. The van der Waals surface area contributed by atoms with Crippen LogP contribution in [0.2, 0.25) is 0 Å². The fourth-order valence-electron chi connectivity index (χ4n) is 2.81. The second kappa shape index (κ2) is 9.00. The Morgan fingerprint density at radius 3 is 2.39 bits per heavy atom. The topological polar surface area (TPSA) is 90.7 Å². The van der Waals surface area contributed by atoms with Crippen LogP contribution in [0.15, 0.2) is 41.0 Å². The molecule has 0 bridgehead atoms. The molecule has 7 heteroatoms. The Morgan fingerprint density at radius 1 is 1.21 bits per heavy atom. The van der Waals surface area contributed by atoms with Crippen LogP contribution in [0.1, 0.15) is 25.8 Å². The van der Waals surface area contributed by atoms with Gasteiger partial charge < -0.3 is 9.64 Å². The lowest BCUT2D eigenvalue weighted by Gasteiger charge is -2.27. The Bertz CT molecular complexity index is 889. The van der Waals surface area contributed by atoms with Gasteiger partial charge in [-0.25, -0.2) is 0 Å². The van der Waals surface area contributed by atoms with Crippen molar-refractivity contribution in [2.24, 2.45) is 0 Å². The Labute approximate surface area is 164 Å². The van der Waals surface area contributed by atoms with E-state index in [0.717, 1.165) is 16.2 Å². The highest BCUT2D eigenvalue weighted by atomic mass is 16.5. The molecule has 0 spiro atoms. The van der Waals surface area contributed by atoms with E-state index >= 15 is 0 Å². The summed E-state index contributed by atoms with van der Waals surface area (Å²) < 4.78 is 4.85. The van der Waals surface area contributed by atoms with Gasteiger partial charge in [0.1, 0.15) is 11.6 Å². The smallest absolute Gasteiger partial charge is 0.302 e. The molecule has 0 saturated carbocycles. The molecule has 1 heterocycles. The van der Waals surface area contributed by atoms with E-state index in [2.05, 4.69) is 0 Å². The summed E-state index contributed by atoms with van der Waals surface area (Å²) in [6, 6.07) is 9.49. The molecule has 7 nitrogen and oxygen atoms in total. The van der Waals surface area contributed by atoms with Gasteiger partial charge in [-0.15, -0.1) is 0 Å². The minimum absolute atomic E-state index is 0.0525. The summed E-state index contributed by atoms with van der Waals surface area (Å²) in [5.74, 6) is -1.50. The van der Waals surface area contributed by atoms with E-state index in [0.29, 0.717) is 17.6 Å². The molecule has 0 unspecified atom stereocenters. The summed E-state index contributed by atoms with van der Waals surface area (Å²) in [4.78, 5) is 39.3. The first kappa shape index (κ1) is 20.9. The lowest BCUT2D eigenvalue weighted by molar-refractivity contribution is -0.141. The average molecular weight is 381 g/mol. The molecule has 1 aliphatic heterocycles. The van der Waals surface area contributed by atoms with Crippen LogP contribution in [-0.2, 0) is 19.1 Å². The minimum Gasteiger partial charge on any atom is -0.466 e. The lowest BCUT2D eigenvalue weighted by atomic mass is 9.93. The van der Waals surface area contributed by atoms with Gasteiger partial charge >= 0.3 is 5.97 Å². The summed E-state index contributed by atoms with van der Waals surface area (Å²) >= 11 is 0. The molecule has 2 rings (SSSR count). The zero-order valence-corrected chi connectivity index (χ0v) is 16.5. The first-order valence-corrected chi connectivity index (χ1v) is 8.86. The van der Waals surface area contributed by atoms with E-state index in [1.165, 1.54) is 6.92 Å². The van der Waals surface area contributed by atoms with Gasteiger partial charge in [-0.1, -0.05) is 12.1 Å². The Morgan fingerprint density at radius 2 is 1.86 bits per heavy atom. The van der Waals surface area contributed by atoms with Crippen molar-refractivity contribution in [2.45, 2.75) is 20.3 Å². The average Bonchev–Trinajstić information content (AvgIpc) is 2.65. The van der Waals surface area contributed by atoms with Gasteiger partial charge in [0, 0.05) is 38.8 Å². The van der Waals surface area contributed by atoms with Crippen molar-refractivity contribution in [1.82, 2.24) is 4.90 Å². The summed E-state index contributed by atoms with van der Waals surface area (Å²) in [6.07, 6.45) is 1.99. The van der Waals surface area contributed by atoms with Crippen LogP contribution in [0.5, 0.6) is 0 Å². The molecule has 0 aliphatic carbocycles. The summed E-state index contributed by atoms with van der Waals surface area (Å²) in [6.45, 7) is 3.06. The molecule has 1 aliphatic rings. The first-order chi connectivity index (χ1) is 13.3. The van der Waals surface area contributed by atoms with Gasteiger partial charge in [-0.2, -0.15) is 5.26 Å². The maximum Gasteiger partial charge on any atom is 0.302 e. The maximum absolute atomic E-state index is 12.9. The lowest BCUT2D eigenvalue weighted by Crippen LogP contribution is -2.43. The highest BCUT2D eigenvalue weighted by Crippen LogP contribution is 2.27. The Kier molecular flexibility index (Phi) is 6.72. The number of carbonyl (C=O) groups excluding carboxylic acids is 3. The van der Waals surface area contributed by atoms with Gasteiger partial charge in [0.2, 0.25) is 0 Å². The number of esters is 1. The highest BCUT2D eigenvalue weighted by molar-refractivity contribution is 6.19. The van der Waals surface area contributed by atoms with Gasteiger partial charge in [0.25, 0.3) is 11.8 Å². The third kappa shape index (κ3) is 4.65. The van der Waals surface area contributed by atoms with Crippen LogP contribution in [0.4, 0.5) is 5.69 Å². The van der Waals surface area contributed by atoms with E-state index in [1.807, 2.05) is 49.3 Å². The zero-order valence-electron chi connectivity index (χ0n) is 16.5. The highest BCUT2D eigenvalue weighted by Gasteiger charge is 2.35. The van der Waals surface area contributed by atoms with Crippen LogP contribution in [0, 0.1) is 11.3 Å². The zero-order chi connectivity index (χ0) is 20.8. The van der Waals surface area contributed by atoms with Gasteiger partial charge in [-0.3, -0.25) is 19.3 Å². The van der Waals surface area contributed by atoms with Crippen molar-refractivity contribution in [1.29, 1.82) is 5.26 Å². The predicted molar refractivity (Wildman–Crippen MR) is 105 cm³/mol. The fourth-order valence-corrected chi connectivity index (χ4v) is 2.81. The number of imide groups is 1. The standard InChI is InChI=1S/C21H23N3O4/c1-14-18(12-16-6-8-17(9-7-16)23(3)4)20(26)24(21(27)19(14)13-22)10-5-11-28-15(2)25/h6-9,12H,5,10-11H2,1-4H3/b18-12+. The normalized spacial score (nSPS) is 15.7. The van der Waals surface area contributed by atoms with E-state index in [1.54, 1.807) is 13.0 Å². The number of nitrogens with zero attached hydrogens (tertiary/aromatic N) is 3. The molecule has 0 aromatic heterocycles. The third-order valence-corrected chi connectivity index (χ3v) is 4.38. The van der Waals surface area contributed by atoms with Crippen molar-refractivity contribution in [3.8, 4) is 6.07 Å². The number of carbonyl (C=O) groups is 3. The third-order valence-electron chi connectivity index (χ3n) is 4.38. The number of amides is 2. The van der Waals surface area contributed by atoms with Crippen molar-refractivity contribution >= 4 is 29.5 Å². The van der Waals surface area contributed by atoms with Gasteiger partial charge in [-0.05, 0) is 42.7 Å². The molecule has 1 aromatic rings. The largest absolute Gasteiger partial charge is 0.466 e. The van der Waals surface area contributed by atoms with Crippen molar-refractivity contribution < 1.29 is 19.1 Å². The SMILES string of the molecule is CC(=O)OCCCN1C(=O)C(C#N)=C(C)/C(=C\c2ccc(N(C)C)cc2)C1=O. The number of benzene rings is 1. The predicted octanol–water partition coefficient (Wildman–Crippen LogP) is 2.30. The second-order valence-corrected chi connectivity index (χ2v) is 6.61. The maximum atomic E-state index is 12.9. The molecular formula is C21H23N3O4. The number of nitriles is 1. The van der Waals surface area contributed by atoms with Crippen LogP contribution >= 0.6 is 0 Å². The van der Waals surface area contributed by atoms with Crippen LogP contribution in [0.25, 0.3) is 6.08 Å². The molecule has 2 amide bonds. The van der Waals surface area contributed by atoms with E-state index in [-0.39, 0.29) is 18.7 Å². The molecule has 1 aromatic carbocycles. The number of ether oxygens (including phenoxy) is 1. The summed E-state index contributed by atoms with van der Waals surface area (Å²) in [5, 5.41) is 9.39. The van der Waals surface area contributed by atoms with Crippen molar-refractivity contribution in [3.05, 3.63) is 46.5 Å². The van der Waals surface area contributed by atoms with E-state index < -0.39 is 17.8 Å². The van der Waals surface area contributed by atoms with Gasteiger partial charge in [0.15, 0.2) is 0 Å². The molecule has 146 valence electrons.